The van der Waals surface area contributed by atoms with Gasteiger partial charge in [-0.1, -0.05) is 6.92 Å². The second-order valence-corrected chi connectivity index (χ2v) is 7.54. The van der Waals surface area contributed by atoms with Crippen molar-refractivity contribution in [3.63, 3.8) is 0 Å². The van der Waals surface area contributed by atoms with Gasteiger partial charge >= 0.3 is 0 Å². The van der Waals surface area contributed by atoms with E-state index in [2.05, 4.69) is 4.72 Å². The molecule has 1 aromatic rings. The predicted octanol–water partition coefficient (Wildman–Crippen LogP) is 1.91. The Morgan fingerprint density at radius 3 is 2.48 bits per heavy atom. The fraction of sp³-hybridized carbons (Fsp3) is 0.600. The highest BCUT2D eigenvalue weighted by molar-refractivity contribution is 7.89. The molecule has 21 heavy (non-hydrogen) atoms. The fourth-order valence-corrected chi connectivity index (χ4v) is 3.25. The van der Waals surface area contributed by atoms with E-state index in [4.69, 9.17) is 4.74 Å². The molecule has 2 rings (SSSR count). The quantitative estimate of drug-likeness (QED) is 0.769. The fourth-order valence-electron chi connectivity index (χ4n) is 2.11. The highest BCUT2D eigenvalue weighted by Crippen LogP contribution is 2.39. The van der Waals surface area contributed by atoms with Gasteiger partial charge in [-0.25, -0.2) is 13.1 Å². The zero-order valence-corrected chi connectivity index (χ0v) is 13.3. The first-order chi connectivity index (χ1) is 9.85. The van der Waals surface area contributed by atoms with Crippen LogP contribution in [-0.4, -0.2) is 32.3 Å². The summed E-state index contributed by atoms with van der Waals surface area (Å²) in [6.45, 7) is 4.33. The Kier molecular flexibility index (Phi) is 4.91. The van der Waals surface area contributed by atoms with Gasteiger partial charge in [0, 0.05) is 6.54 Å². The van der Waals surface area contributed by atoms with Crippen molar-refractivity contribution in [1.29, 1.82) is 0 Å². The van der Waals surface area contributed by atoms with Crippen molar-refractivity contribution in [1.82, 2.24) is 4.72 Å². The molecule has 1 aliphatic rings. The zero-order valence-electron chi connectivity index (χ0n) is 12.5. The number of rotatable bonds is 8. The molecule has 1 aliphatic carbocycles. The van der Waals surface area contributed by atoms with Crippen molar-refractivity contribution in [3.8, 4) is 5.75 Å². The molecule has 0 aromatic heterocycles. The van der Waals surface area contributed by atoms with Gasteiger partial charge in [-0.15, -0.1) is 0 Å². The van der Waals surface area contributed by atoms with E-state index in [0.29, 0.717) is 12.4 Å². The Labute approximate surface area is 126 Å². The van der Waals surface area contributed by atoms with Crippen LogP contribution >= 0.6 is 0 Å². The van der Waals surface area contributed by atoms with Crippen molar-refractivity contribution >= 4 is 10.0 Å². The van der Waals surface area contributed by atoms with E-state index in [1.807, 2.05) is 6.92 Å². The van der Waals surface area contributed by atoms with Gasteiger partial charge in [-0.05, 0) is 56.4 Å². The van der Waals surface area contributed by atoms with Crippen LogP contribution in [0.4, 0.5) is 0 Å². The van der Waals surface area contributed by atoms with E-state index in [1.54, 1.807) is 19.1 Å². The minimum absolute atomic E-state index is 0.0358. The molecule has 0 heterocycles. The maximum Gasteiger partial charge on any atom is 0.240 e. The van der Waals surface area contributed by atoms with Crippen molar-refractivity contribution in [3.05, 3.63) is 24.3 Å². The number of sulfonamides is 1. The Hall–Kier alpha value is -1.11. The summed E-state index contributed by atoms with van der Waals surface area (Å²) in [4.78, 5) is 0.179. The number of benzene rings is 1. The second-order valence-electron chi connectivity index (χ2n) is 5.78. The van der Waals surface area contributed by atoms with Gasteiger partial charge in [-0.2, -0.15) is 0 Å². The zero-order chi connectivity index (χ0) is 15.5. The van der Waals surface area contributed by atoms with Gasteiger partial charge < -0.3 is 9.84 Å². The third-order valence-corrected chi connectivity index (χ3v) is 5.10. The van der Waals surface area contributed by atoms with Crippen LogP contribution in [0.15, 0.2) is 29.2 Å². The van der Waals surface area contributed by atoms with E-state index in [0.717, 1.165) is 19.3 Å². The molecular weight excluding hydrogens is 290 g/mol. The normalized spacial score (nSPS) is 18.2. The van der Waals surface area contributed by atoms with Crippen LogP contribution in [0.1, 0.15) is 33.1 Å². The molecule has 0 amide bonds. The Morgan fingerprint density at radius 1 is 1.33 bits per heavy atom. The summed E-state index contributed by atoms with van der Waals surface area (Å²) < 4.78 is 32.3. The highest BCUT2D eigenvalue weighted by Gasteiger charge is 2.40. The molecule has 1 atom stereocenters. The third kappa shape index (κ3) is 4.43. The molecule has 0 aliphatic heterocycles. The van der Waals surface area contributed by atoms with Crippen LogP contribution in [0.25, 0.3) is 0 Å². The number of hydrogen-bond acceptors (Lipinski definition) is 4. The number of hydrogen-bond donors (Lipinski definition) is 2. The average Bonchev–Trinajstić information content (AvgIpc) is 3.29. The van der Waals surface area contributed by atoms with E-state index >= 15 is 0 Å². The molecule has 6 heteroatoms. The molecule has 2 N–H and O–H groups in total. The molecule has 0 saturated heterocycles. The molecule has 0 bridgehead atoms. The van der Waals surface area contributed by atoms with Gasteiger partial charge in [-0.3, -0.25) is 0 Å². The lowest BCUT2D eigenvalue weighted by Crippen LogP contribution is -2.42. The van der Waals surface area contributed by atoms with Gasteiger partial charge in [0.05, 0.1) is 17.1 Å². The van der Waals surface area contributed by atoms with E-state index in [1.165, 1.54) is 12.1 Å². The van der Waals surface area contributed by atoms with Crippen LogP contribution in [0.5, 0.6) is 5.75 Å². The number of aliphatic hydroxyl groups is 1. The maximum atomic E-state index is 12.2. The summed E-state index contributed by atoms with van der Waals surface area (Å²) in [5, 5.41) is 10.2. The van der Waals surface area contributed by atoms with E-state index < -0.39 is 15.6 Å². The summed E-state index contributed by atoms with van der Waals surface area (Å²) in [7, 11) is -3.60. The van der Waals surface area contributed by atoms with Gasteiger partial charge in [0.25, 0.3) is 0 Å². The van der Waals surface area contributed by atoms with Gasteiger partial charge in [0.2, 0.25) is 10.0 Å². The van der Waals surface area contributed by atoms with Crippen molar-refractivity contribution in [2.75, 3.05) is 13.2 Å². The largest absolute Gasteiger partial charge is 0.494 e. The monoisotopic (exact) mass is 313 g/mol. The first-order valence-electron chi connectivity index (χ1n) is 7.30. The number of ether oxygens (including phenoxy) is 1. The minimum atomic E-state index is -3.60. The van der Waals surface area contributed by atoms with E-state index in [-0.39, 0.29) is 17.4 Å². The lowest BCUT2D eigenvalue weighted by molar-refractivity contribution is 0.0422. The Balaban J connectivity index is 1.98. The molecule has 1 fully saturated rings. The molecule has 0 radical (unpaired) electrons. The van der Waals surface area contributed by atoms with Crippen molar-refractivity contribution < 1.29 is 18.3 Å². The predicted molar refractivity (Wildman–Crippen MR) is 80.8 cm³/mol. The molecule has 1 aromatic carbocycles. The summed E-state index contributed by atoms with van der Waals surface area (Å²) in [6, 6.07) is 6.31. The molecule has 118 valence electrons. The van der Waals surface area contributed by atoms with Gasteiger partial charge in [0.1, 0.15) is 5.75 Å². The minimum Gasteiger partial charge on any atom is -0.494 e. The molecular formula is C15H23NO4S. The first kappa shape index (κ1) is 16.3. The van der Waals surface area contributed by atoms with E-state index in [9.17, 15) is 13.5 Å². The average molecular weight is 313 g/mol. The van der Waals surface area contributed by atoms with Crippen LogP contribution in [0.2, 0.25) is 0 Å². The lowest BCUT2D eigenvalue weighted by atomic mass is 10.0. The Morgan fingerprint density at radius 2 is 1.95 bits per heavy atom. The summed E-state index contributed by atoms with van der Waals surface area (Å²) in [5.41, 5.74) is -0.975. The Bertz CT molecular complexity index is 562. The standard InChI is InChI=1S/C15H23NO4S/c1-3-10-20-13-6-8-14(9-7-13)21(18,19)16-11-15(2,17)12-4-5-12/h6-9,12,16-17H,3-5,10-11H2,1-2H3. The van der Waals surface area contributed by atoms with Gasteiger partial charge in [0.15, 0.2) is 0 Å². The van der Waals surface area contributed by atoms with Crippen molar-refractivity contribution in [2.24, 2.45) is 5.92 Å². The first-order valence-corrected chi connectivity index (χ1v) is 8.78. The lowest BCUT2D eigenvalue weighted by Gasteiger charge is -2.23. The second kappa shape index (κ2) is 6.34. The van der Waals surface area contributed by atoms with Crippen molar-refractivity contribution in [2.45, 2.75) is 43.6 Å². The topological polar surface area (TPSA) is 75.6 Å². The summed E-state index contributed by atoms with van der Waals surface area (Å²) >= 11 is 0. The van der Waals surface area contributed by atoms with Crippen LogP contribution in [-0.2, 0) is 10.0 Å². The van der Waals surface area contributed by atoms with Crippen LogP contribution in [0, 0.1) is 5.92 Å². The summed E-state index contributed by atoms with van der Waals surface area (Å²) in [5.74, 6) is 0.853. The SMILES string of the molecule is CCCOc1ccc(S(=O)(=O)NCC(C)(O)C2CC2)cc1. The number of nitrogens with one attached hydrogen (secondary N) is 1. The molecule has 0 spiro atoms. The highest BCUT2D eigenvalue weighted by atomic mass is 32.2. The maximum absolute atomic E-state index is 12.2. The third-order valence-electron chi connectivity index (χ3n) is 3.68. The molecule has 1 saturated carbocycles. The van der Waals surface area contributed by atoms with Crippen LogP contribution in [0.3, 0.4) is 0 Å². The molecule has 1 unspecified atom stereocenters. The summed E-state index contributed by atoms with van der Waals surface area (Å²) in [6.07, 6.45) is 2.81. The molecule has 5 nitrogen and oxygen atoms in total. The van der Waals surface area contributed by atoms with Crippen LogP contribution < -0.4 is 9.46 Å². The smallest absolute Gasteiger partial charge is 0.240 e.